The van der Waals surface area contributed by atoms with E-state index < -0.39 is 0 Å². The van der Waals surface area contributed by atoms with E-state index in [4.69, 9.17) is 4.74 Å². The lowest BCUT2D eigenvalue weighted by molar-refractivity contribution is -0.667. The van der Waals surface area contributed by atoms with Crippen LogP contribution in [0.1, 0.15) is 19.4 Å². The second-order valence-corrected chi connectivity index (χ2v) is 7.58. The van der Waals surface area contributed by atoms with Crippen molar-refractivity contribution in [1.82, 2.24) is 0 Å². The van der Waals surface area contributed by atoms with Crippen LogP contribution in [0.5, 0.6) is 0 Å². The van der Waals surface area contributed by atoms with Gasteiger partial charge in [-0.15, -0.1) is 0 Å². The SMILES string of the molecule is CCOC(=O)CN1C(=Cc2cc[n+](CC)c3ccccc23)Sc2ccccc21. The van der Waals surface area contributed by atoms with E-state index in [2.05, 4.69) is 66.2 Å². The summed E-state index contributed by atoms with van der Waals surface area (Å²) in [5, 5.41) is 2.24. The number of thioether (sulfide) groups is 1. The highest BCUT2D eigenvalue weighted by atomic mass is 32.2. The van der Waals surface area contributed by atoms with E-state index in [-0.39, 0.29) is 12.5 Å². The number of nitrogens with zero attached hydrogens (tertiary/aromatic N) is 2. The first-order valence-electron chi connectivity index (χ1n) is 9.54. The summed E-state index contributed by atoms with van der Waals surface area (Å²) in [5.41, 5.74) is 3.40. The van der Waals surface area contributed by atoms with Gasteiger partial charge in [-0.1, -0.05) is 36.0 Å². The van der Waals surface area contributed by atoms with Crippen LogP contribution in [-0.2, 0) is 16.1 Å². The van der Waals surface area contributed by atoms with Crippen molar-refractivity contribution in [3.63, 3.8) is 0 Å². The molecule has 0 radical (unpaired) electrons. The minimum atomic E-state index is -0.215. The second-order valence-electron chi connectivity index (χ2n) is 6.52. The number of hydrogen-bond donors (Lipinski definition) is 0. The third-order valence-electron chi connectivity index (χ3n) is 4.81. The molecule has 0 unspecified atom stereocenters. The molecule has 1 aliphatic rings. The van der Waals surface area contributed by atoms with Gasteiger partial charge in [-0.3, -0.25) is 4.79 Å². The minimum absolute atomic E-state index is 0.212. The van der Waals surface area contributed by atoms with Crippen LogP contribution >= 0.6 is 11.8 Å². The summed E-state index contributed by atoms with van der Waals surface area (Å²) in [7, 11) is 0. The first kappa shape index (κ1) is 18.6. The number of benzene rings is 2. The molecule has 1 aromatic heterocycles. The molecule has 0 amide bonds. The fraction of sp³-hybridized carbons (Fsp3) is 0.217. The van der Waals surface area contributed by atoms with Crippen molar-refractivity contribution < 1.29 is 14.1 Å². The maximum Gasteiger partial charge on any atom is 0.325 e. The van der Waals surface area contributed by atoms with E-state index in [0.717, 1.165) is 27.7 Å². The molecule has 0 atom stereocenters. The Labute approximate surface area is 169 Å². The van der Waals surface area contributed by atoms with Gasteiger partial charge in [-0.05, 0) is 43.7 Å². The lowest BCUT2D eigenvalue weighted by Gasteiger charge is -2.19. The van der Waals surface area contributed by atoms with Crippen LogP contribution in [0.15, 0.2) is 70.7 Å². The summed E-state index contributed by atoms with van der Waals surface area (Å²) in [6.45, 7) is 5.51. The zero-order chi connectivity index (χ0) is 19.5. The number of carbonyl (C=O) groups excluding carboxylic acids is 1. The van der Waals surface area contributed by atoms with Gasteiger partial charge in [0.25, 0.3) is 0 Å². The Balaban J connectivity index is 1.78. The number of hydrogen-bond acceptors (Lipinski definition) is 4. The highest BCUT2D eigenvalue weighted by Gasteiger charge is 2.27. The van der Waals surface area contributed by atoms with Crippen LogP contribution in [0, 0.1) is 0 Å². The molecule has 0 saturated heterocycles. The van der Waals surface area contributed by atoms with Crippen molar-refractivity contribution in [2.24, 2.45) is 0 Å². The van der Waals surface area contributed by atoms with Crippen LogP contribution in [0.4, 0.5) is 5.69 Å². The van der Waals surface area contributed by atoms with Crippen LogP contribution < -0.4 is 9.47 Å². The Morgan fingerprint density at radius 3 is 2.71 bits per heavy atom. The minimum Gasteiger partial charge on any atom is -0.465 e. The van der Waals surface area contributed by atoms with Gasteiger partial charge in [-0.2, -0.15) is 4.57 Å². The Hall–Kier alpha value is -2.79. The second kappa shape index (κ2) is 8.07. The van der Waals surface area contributed by atoms with Crippen LogP contribution in [0.2, 0.25) is 0 Å². The number of esters is 1. The Kier molecular flexibility index (Phi) is 5.35. The average Bonchev–Trinajstić information content (AvgIpc) is 3.05. The number of pyridine rings is 1. The van der Waals surface area contributed by atoms with Gasteiger partial charge in [0, 0.05) is 17.0 Å². The molecule has 2 aromatic carbocycles. The standard InChI is InChI=1S/C23H23N2O2S/c1-3-24-14-13-17(18-9-5-6-10-19(18)24)15-22-25(16-23(26)27-4-2)20-11-7-8-12-21(20)28-22/h5-15H,3-4,16H2,1-2H3/q+1. The number of anilines is 1. The molecular weight excluding hydrogens is 368 g/mol. The Morgan fingerprint density at radius 1 is 1.11 bits per heavy atom. The van der Waals surface area contributed by atoms with Crippen LogP contribution in [-0.4, -0.2) is 19.1 Å². The summed E-state index contributed by atoms with van der Waals surface area (Å²) in [4.78, 5) is 15.4. The molecule has 4 nitrogen and oxygen atoms in total. The van der Waals surface area contributed by atoms with Crippen molar-refractivity contribution in [1.29, 1.82) is 0 Å². The van der Waals surface area contributed by atoms with E-state index in [1.165, 1.54) is 10.9 Å². The Morgan fingerprint density at radius 2 is 1.89 bits per heavy atom. The molecule has 3 aromatic rings. The largest absolute Gasteiger partial charge is 0.465 e. The van der Waals surface area contributed by atoms with E-state index in [1.807, 2.05) is 24.0 Å². The lowest BCUT2D eigenvalue weighted by Crippen LogP contribution is -2.32. The van der Waals surface area contributed by atoms with Crippen molar-refractivity contribution in [2.45, 2.75) is 25.3 Å². The molecule has 0 bridgehead atoms. The monoisotopic (exact) mass is 391 g/mol. The lowest BCUT2D eigenvalue weighted by atomic mass is 10.1. The number of ether oxygens (including phenoxy) is 1. The first-order chi connectivity index (χ1) is 13.7. The van der Waals surface area contributed by atoms with Crippen LogP contribution in [0.3, 0.4) is 0 Å². The number of aromatic nitrogens is 1. The molecule has 0 spiro atoms. The van der Waals surface area contributed by atoms with Gasteiger partial charge in [-0.25, -0.2) is 0 Å². The number of fused-ring (bicyclic) bond motifs is 2. The molecule has 0 N–H and O–H groups in total. The Bertz CT molecular complexity index is 1060. The van der Waals surface area contributed by atoms with Gasteiger partial charge in [0.05, 0.1) is 22.7 Å². The van der Waals surface area contributed by atoms with Gasteiger partial charge in [0.1, 0.15) is 13.1 Å². The number of aryl methyl sites for hydroxylation is 1. The molecular formula is C23H23N2O2S+. The molecule has 4 rings (SSSR count). The summed E-state index contributed by atoms with van der Waals surface area (Å²) in [6.07, 6.45) is 4.30. The van der Waals surface area contributed by atoms with Crippen LogP contribution in [0.25, 0.3) is 17.0 Å². The maximum absolute atomic E-state index is 12.2. The third kappa shape index (κ3) is 3.50. The predicted molar refractivity (Wildman–Crippen MR) is 114 cm³/mol. The normalized spacial score (nSPS) is 14.5. The molecule has 0 fully saturated rings. The highest BCUT2D eigenvalue weighted by molar-refractivity contribution is 8.03. The van der Waals surface area contributed by atoms with Gasteiger partial charge in [0.2, 0.25) is 5.52 Å². The summed E-state index contributed by atoms with van der Waals surface area (Å²) in [5.74, 6) is -0.215. The molecule has 5 heteroatoms. The molecule has 0 aliphatic carbocycles. The van der Waals surface area contributed by atoms with Crippen molar-refractivity contribution in [3.8, 4) is 0 Å². The van der Waals surface area contributed by atoms with Gasteiger partial charge < -0.3 is 9.64 Å². The van der Waals surface area contributed by atoms with Crippen molar-refractivity contribution >= 4 is 40.4 Å². The topological polar surface area (TPSA) is 33.4 Å². The smallest absolute Gasteiger partial charge is 0.325 e. The zero-order valence-corrected chi connectivity index (χ0v) is 16.9. The van der Waals surface area contributed by atoms with E-state index in [9.17, 15) is 4.79 Å². The van der Waals surface area contributed by atoms with Gasteiger partial charge >= 0.3 is 5.97 Å². The van der Waals surface area contributed by atoms with E-state index >= 15 is 0 Å². The molecule has 28 heavy (non-hydrogen) atoms. The summed E-state index contributed by atoms with van der Waals surface area (Å²) < 4.78 is 7.44. The summed E-state index contributed by atoms with van der Waals surface area (Å²) >= 11 is 1.69. The first-order valence-corrected chi connectivity index (χ1v) is 10.4. The molecule has 1 aliphatic heterocycles. The zero-order valence-electron chi connectivity index (χ0n) is 16.1. The highest BCUT2D eigenvalue weighted by Crippen LogP contribution is 2.46. The van der Waals surface area contributed by atoms with E-state index in [0.29, 0.717) is 6.61 Å². The van der Waals surface area contributed by atoms with Gasteiger partial charge in [0.15, 0.2) is 6.20 Å². The summed E-state index contributed by atoms with van der Waals surface area (Å²) in [6, 6.07) is 18.7. The quantitative estimate of drug-likeness (QED) is 0.469. The number of rotatable bonds is 5. The van der Waals surface area contributed by atoms with E-state index in [1.54, 1.807) is 11.8 Å². The molecule has 0 saturated carbocycles. The third-order valence-corrected chi connectivity index (χ3v) is 5.92. The molecule has 142 valence electrons. The van der Waals surface area contributed by atoms with Crippen molar-refractivity contribution in [3.05, 3.63) is 71.4 Å². The molecule has 2 heterocycles. The fourth-order valence-corrected chi connectivity index (χ4v) is 4.62. The number of carbonyl (C=O) groups is 1. The van der Waals surface area contributed by atoms with Crippen molar-refractivity contribution in [2.75, 3.05) is 18.1 Å². The number of para-hydroxylation sites is 2. The maximum atomic E-state index is 12.2. The average molecular weight is 392 g/mol. The predicted octanol–water partition coefficient (Wildman–Crippen LogP) is 4.62. The fourth-order valence-electron chi connectivity index (χ4n) is 3.50.